The predicted octanol–water partition coefficient (Wildman–Crippen LogP) is 3.66. The van der Waals surface area contributed by atoms with E-state index in [-0.39, 0.29) is 17.9 Å². The second-order valence-electron chi connectivity index (χ2n) is 11.1. The molecular weight excluding hydrogens is 472 g/mol. The lowest BCUT2D eigenvalue weighted by molar-refractivity contribution is -0.144. The first kappa shape index (κ1) is 30.1. The van der Waals surface area contributed by atoms with E-state index in [9.17, 15) is 19.2 Å². The maximum atomic E-state index is 14.1. The van der Waals surface area contributed by atoms with Crippen LogP contribution in [-0.4, -0.2) is 52.9 Å². The van der Waals surface area contributed by atoms with Crippen molar-refractivity contribution in [2.75, 3.05) is 6.54 Å². The Bertz CT molecular complexity index is 967. The summed E-state index contributed by atoms with van der Waals surface area (Å²) >= 11 is 0. The number of amides is 4. The van der Waals surface area contributed by atoms with E-state index < -0.39 is 42.0 Å². The number of hydrogen-bond donors (Lipinski definition) is 3. The molecule has 4 unspecified atom stereocenters. The lowest BCUT2D eigenvalue weighted by Crippen LogP contribution is -2.55. The molecule has 4 atom stereocenters. The number of benzene rings is 1. The molecule has 1 saturated carbocycles. The third-order valence-electron chi connectivity index (χ3n) is 6.49. The van der Waals surface area contributed by atoms with Crippen LogP contribution in [-0.2, 0) is 19.1 Å². The van der Waals surface area contributed by atoms with Gasteiger partial charge in [0, 0.05) is 12.6 Å². The smallest absolute Gasteiger partial charge is 0.408 e. The fourth-order valence-corrected chi connectivity index (χ4v) is 4.54. The Kier molecular flexibility index (Phi) is 10.5. The van der Waals surface area contributed by atoms with Gasteiger partial charge in [-0.2, -0.15) is 0 Å². The minimum atomic E-state index is -1.26. The number of carbonyl (C=O) groups is 4. The fraction of sp³-hybridized carbons (Fsp3) is 0.643. The number of nitrogens with zero attached hydrogens (tertiary/aromatic N) is 1. The summed E-state index contributed by atoms with van der Waals surface area (Å²) < 4.78 is 5.33. The van der Waals surface area contributed by atoms with Crippen LogP contribution in [0.15, 0.2) is 18.2 Å². The van der Waals surface area contributed by atoms with Gasteiger partial charge < -0.3 is 26.0 Å². The zero-order valence-electron chi connectivity index (χ0n) is 23.3. The number of alkyl carbamates (subject to hydrolysis) is 1. The molecule has 1 fully saturated rings. The van der Waals surface area contributed by atoms with E-state index in [1.807, 2.05) is 39.0 Å². The van der Waals surface area contributed by atoms with Gasteiger partial charge >= 0.3 is 6.09 Å². The average molecular weight is 517 g/mol. The average Bonchev–Trinajstić information content (AvgIpc) is 3.49. The topological polar surface area (TPSA) is 131 Å². The molecule has 2 rings (SSSR count). The number of carbonyl (C=O) groups excluding carboxylic acids is 4. The standard InChI is InChI=1S/C28H44N4O5/c1-8-9-10-14-30-25(34)24(23-17(2)12-11-13-18(23)3)32(21-15-19(21)4)26(35)20(16-22(29)33)31-27(36)37-28(5,6)7/h11-13,19-21,24H,8-10,14-16H2,1-7H3,(H2,29,33)(H,30,34)(H,31,36). The van der Waals surface area contributed by atoms with Gasteiger partial charge in [0.15, 0.2) is 0 Å². The van der Waals surface area contributed by atoms with Crippen LogP contribution in [0.2, 0.25) is 0 Å². The molecule has 4 N–H and O–H groups in total. The summed E-state index contributed by atoms with van der Waals surface area (Å²) in [6, 6.07) is 3.35. The summed E-state index contributed by atoms with van der Waals surface area (Å²) in [5, 5.41) is 5.55. The normalized spacial score (nSPS) is 18.4. The van der Waals surface area contributed by atoms with E-state index in [1.165, 1.54) is 0 Å². The first-order chi connectivity index (χ1) is 17.3. The zero-order valence-corrected chi connectivity index (χ0v) is 23.3. The van der Waals surface area contributed by atoms with Crippen LogP contribution >= 0.6 is 0 Å². The van der Waals surface area contributed by atoms with Crippen LogP contribution in [0.4, 0.5) is 4.79 Å². The Morgan fingerprint density at radius 1 is 1.14 bits per heavy atom. The van der Waals surface area contributed by atoms with Crippen LogP contribution < -0.4 is 16.4 Å². The van der Waals surface area contributed by atoms with Crippen LogP contribution in [0.5, 0.6) is 0 Å². The highest BCUT2D eigenvalue weighted by Gasteiger charge is 2.49. The molecule has 37 heavy (non-hydrogen) atoms. The lowest BCUT2D eigenvalue weighted by atomic mass is 9.93. The Labute approximate surface area is 220 Å². The van der Waals surface area contributed by atoms with Crippen molar-refractivity contribution in [3.8, 4) is 0 Å². The van der Waals surface area contributed by atoms with Gasteiger partial charge in [0.2, 0.25) is 17.7 Å². The first-order valence-corrected chi connectivity index (χ1v) is 13.2. The predicted molar refractivity (Wildman–Crippen MR) is 143 cm³/mol. The molecule has 0 aromatic heterocycles. The number of aryl methyl sites for hydroxylation is 2. The fourth-order valence-electron chi connectivity index (χ4n) is 4.54. The number of rotatable bonds is 12. The van der Waals surface area contributed by atoms with E-state index in [4.69, 9.17) is 10.5 Å². The highest BCUT2D eigenvalue weighted by atomic mass is 16.6. The number of ether oxygens (including phenoxy) is 1. The van der Waals surface area contributed by atoms with Gasteiger partial charge in [-0.3, -0.25) is 14.4 Å². The molecule has 9 heteroatoms. The highest BCUT2D eigenvalue weighted by Crippen LogP contribution is 2.42. The molecule has 1 aromatic carbocycles. The molecule has 0 saturated heterocycles. The SMILES string of the molecule is CCCCCNC(=O)C(c1c(C)cccc1C)N(C(=O)C(CC(N)=O)NC(=O)OC(C)(C)C)C1CC1C. The minimum Gasteiger partial charge on any atom is -0.444 e. The number of nitrogens with two attached hydrogens (primary N) is 1. The van der Waals surface area contributed by atoms with Gasteiger partial charge in [-0.1, -0.05) is 44.9 Å². The summed E-state index contributed by atoms with van der Waals surface area (Å²) in [6.07, 6.45) is 2.31. The molecule has 9 nitrogen and oxygen atoms in total. The Morgan fingerprint density at radius 2 is 1.73 bits per heavy atom. The van der Waals surface area contributed by atoms with Crippen LogP contribution in [0.25, 0.3) is 0 Å². The van der Waals surface area contributed by atoms with Crippen molar-refractivity contribution in [1.29, 1.82) is 0 Å². The first-order valence-electron chi connectivity index (χ1n) is 13.2. The summed E-state index contributed by atoms with van der Waals surface area (Å²) in [6.45, 7) is 13.5. The molecule has 0 radical (unpaired) electrons. The summed E-state index contributed by atoms with van der Waals surface area (Å²) in [5.74, 6) is -1.39. The molecule has 0 bridgehead atoms. The van der Waals surface area contributed by atoms with Gasteiger partial charge in [-0.15, -0.1) is 0 Å². The van der Waals surface area contributed by atoms with E-state index >= 15 is 0 Å². The van der Waals surface area contributed by atoms with Crippen molar-refractivity contribution in [3.63, 3.8) is 0 Å². The molecule has 1 aromatic rings. The van der Waals surface area contributed by atoms with Crippen molar-refractivity contribution in [2.45, 2.75) is 104 Å². The van der Waals surface area contributed by atoms with Crippen molar-refractivity contribution >= 4 is 23.8 Å². The van der Waals surface area contributed by atoms with Crippen LogP contribution in [0.3, 0.4) is 0 Å². The lowest BCUT2D eigenvalue weighted by Gasteiger charge is -2.36. The van der Waals surface area contributed by atoms with Gasteiger partial charge in [-0.05, 0) is 70.1 Å². The Balaban J connectivity index is 2.51. The maximum absolute atomic E-state index is 14.1. The third-order valence-corrected chi connectivity index (χ3v) is 6.49. The highest BCUT2D eigenvalue weighted by molar-refractivity contribution is 5.95. The second-order valence-corrected chi connectivity index (χ2v) is 11.1. The number of primary amides is 1. The zero-order chi connectivity index (χ0) is 27.9. The van der Waals surface area contributed by atoms with E-state index in [0.717, 1.165) is 36.0 Å². The van der Waals surface area contributed by atoms with Crippen LogP contribution in [0, 0.1) is 19.8 Å². The molecule has 206 valence electrons. The summed E-state index contributed by atoms with van der Waals surface area (Å²) in [5.41, 5.74) is 7.17. The minimum absolute atomic E-state index is 0.166. The largest absolute Gasteiger partial charge is 0.444 e. The molecule has 0 spiro atoms. The monoisotopic (exact) mass is 516 g/mol. The summed E-state index contributed by atoms with van der Waals surface area (Å²) in [7, 11) is 0. The van der Waals surface area contributed by atoms with Crippen molar-refractivity contribution in [1.82, 2.24) is 15.5 Å². The van der Waals surface area contributed by atoms with E-state index in [2.05, 4.69) is 17.6 Å². The van der Waals surface area contributed by atoms with E-state index in [0.29, 0.717) is 13.0 Å². The molecule has 4 amide bonds. The van der Waals surface area contributed by atoms with Crippen molar-refractivity contribution < 1.29 is 23.9 Å². The third kappa shape index (κ3) is 8.76. The number of nitrogens with one attached hydrogen (secondary N) is 2. The van der Waals surface area contributed by atoms with Crippen molar-refractivity contribution in [3.05, 3.63) is 34.9 Å². The van der Waals surface area contributed by atoms with E-state index in [1.54, 1.807) is 25.7 Å². The number of hydrogen-bond acceptors (Lipinski definition) is 5. The Morgan fingerprint density at radius 3 is 2.22 bits per heavy atom. The molecule has 1 aliphatic carbocycles. The van der Waals surface area contributed by atoms with Crippen LogP contribution in [0.1, 0.15) is 89.5 Å². The van der Waals surface area contributed by atoms with Gasteiger partial charge in [0.1, 0.15) is 17.7 Å². The van der Waals surface area contributed by atoms with Crippen molar-refractivity contribution in [2.24, 2.45) is 11.7 Å². The molecular formula is C28H44N4O5. The second kappa shape index (κ2) is 12.9. The quantitative estimate of drug-likeness (QED) is 0.365. The molecule has 0 aliphatic heterocycles. The van der Waals surface area contributed by atoms with Gasteiger partial charge in [-0.25, -0.2) is 4.79 Å². The van der Waals surface area contributed by atoms with Gasteiger partial charge in [0.05, 0.1) is 6.42 Å². The molecule has 1 aliphatic rings. The summed E-state index contributed by atoms with van der Waals surface area (Å²) in [4.78, 5) is 53.9. The maximum Gasteiger partial charge on any atom is 0.408 e. The number of unbranched alkanes of at least 4 members (excludes halogenated alkanes) is 2. The van der Waals surface area contributed by atoms with Gasteiger partial charge in [0.25, 0.3) is 0 Å². The Hall–Kier alpha value is -3.10. The molecule has 0 heterocycles.